The molecule has 0 amide bonds. The number of rotatable bonds is 3. The van der Waals surface area contributed by atoms with Gasteiger partial charge in [-0.2, -0.15) is 0 Å². The maximum absolute atomic E-state index is 15.5. The van der Waals surface area contributed by atoms with Crippen molar-refractivity contribution < 1.29 is 33.4 Å². The number of alkyl halides is 1. The van der Waals surface area contributed by atoms with E-state index in [1.54, 1.807) is 0 Å². The summed E-state index contributed by atoms with van der Waals surface area (Å²) in [6, 6.07) is 0. The van der Waals surface area contributed by atoms with Crippen LogP contribution in [0.4, 0.5) is 4.39 Å². The highest BCUT2D eigenvalue weighted by molar-refractivity contribution is 6.33. The fourth-order valence-electron chi connectivity index (χ4n) is 8.04. The van der Waals surface area contributed by atoms with E-state index in [1.165, 1.54) is 13.0 Å². The van der Waals surface area contributed by atoms with Crippen molar-refractivity contribution in [3.63, 3.8) is 0 Å². The molecule has 0 heterocycles. The van der Waals surface area contributed by atoms with Crippen LogP contribution in [0.15, 0.2) is 11.6 Å². The van der Waals surface area contributed by atoms with Crippen LogP contribution in [0.1, 0.15) is 59.8 Å². The topological polar surface area (TPSA) is 97.7 Å². The Balaban J connectivity index is 1.82. The van der Waals surface area contributed by atoms with Gasteiger partial charge in [-0.05, 0) is 65.9 Å². The van der Waals surface area contributed by atoms with Crippen LogP contribution in [0, 0.1) is 40.4 Å². The van der Waals surface area contributed by atoms with Gasteiger partial charge >= 0.3 is 11.9 Å². The van der Waals surface area contributed by atoms with E-state index in [2.05, 4.69) is 0 Å². The number of carboxylic acid groups (broad SMARTS) is 1. The number of esters is 1. The van der Waals surface area contributed by atoms with E-state index in [4.69, 9.17) is 4.74 Å². The van der Waals surface area contributed by atoms with Crippen LogP contribution in [0.2, 0.25) is 0 Å². The quantitative estimate of drug-likeness (QED) is 0.539. The molecule has 0 aromatic heterocycles. The number of hydrogen-bond donors (Lipinski definition) is 1. The Morgan fingerprint density at radius 2 is 1.90 bits per heavy atom. The summed E-state index contributed by atoms with van der Waals surface area (Å²) in [6.07, 6.45) is 1.71. The van der Waals surface area contributed by atoms with Gasteiger partial charge in [0.15, 0.2) is 5.78 Å². The van der Waals surface area contributed by atoms with Crippen LogP contribution in [0.3, 0.4) is 0 Å². The van der Waals surface area contributed by atoms with Gasteiger partial charge in [0.1, 0.15) is 12.3 Å². The van der Waals surface area contributed by atoms with Crippen LogP contribution in [0.5, 0.6) is 0 Å². The van der Waals surface area contributed by atoms with Crippen molar-refractivity contribution in [3.8, 4) is 0 Å². The molecule has 0 spiro atoms. The first-order valence-electron chi connectivity index (χ1n) is 11.2. The van der Waals surface area contributed by atoms with Crippen LogP contribution in [0.25, 0.3) is 0 Å². The molecule has 1 N–H and O–H groups in total. The van der Waals surface area contributed by atoms with Crippen molar-refractivity contribution in [2.24, 2.45) is 40.4 Å². The van der Waals surface area contributed by atoms with Gasteiger partial charge in [0, 0.05) is 25.2 Å². The second-order valence-electron chi connectivity index (χ2n) is 10.7. The molecular formula is C24H31FO6. The van der Waals surface area contributed by atoms with Crippen molar-refractivity contribution >= 4 is 23.5 Å². The van der Waals surface area contributed by atoms with E-state index in [9.17, 15) is 24.3 Å². The van der Waals surface area contributed by atoms with Crippen molar-refractivity contribution in [1.82, 2.24) is 0 Å². The molecule has 3 saturated carbocycles. The minimum Gasteiger partial charge on any atom is -0.475 e. The zero-order valence-electron chi connectivity index (χ0n) is 18.5. The minimum atomic E-state index is -1.44. The summed E-state index contributed by atoms with van der Waals surface area (Å²) in [7, 11) is 0. The number of ketones is 2. The fourth-order valence-corrected chi connectivity index (χ4v) is 8.04. The first-order chi connectivity index (χ1) is 14.4. The molecule has 3 unspecified atom stereocenters. The molecule has 9 atom stereocenters. The largest absolute Gasteiger partial charge is 0.475 e. The van der Waals surface area contributed by atoms with Crippen LogP contribution < -0.4 is 0 Å². The molecule has 3 fully saturated rings. The maximum atomic E-state index is 15.5. The summed E-state index contributed by atoms with van der Waals surface area (Å²) in [5.74, 6) is -3.95. The number of halogens is 1. The van der Waals surface area contributed by atoms with Gasteiger partial charge in [0.25, 0.3) is 0 Å². The molecular weight excluding hydrogens is 403 g/mol. The van der Waals surface area contributed by atoms with Gasteiger partial charge in [0.05, 0.1) is 0 Å². The fraction of sp³-hybridized carbons (Fsp3) is 0.750. The Morgan fingerprint density at radius 3 is 2.52 bits per heavy atom. The highest BCUT2D eigenvalue weighted by atomic mass is 19.1. The number of carboxylic acids is 1. The summed E-state index contributed by atoms with van der Waals surface area (Å²) in [6.45, 7) is 7.13. The average molecular weight is 435 g/mol. The zero-order valence-corrected chi connectivity index (χ0v) is 18.5. The van der Waals surface area contributed by atoms with Gasteiger partial charge in [-0.3, -0.25) is 14.4 Å². The van der Waals surface area contributed by atoms with Gasteiger partial charge in [-0.25, -0.2) is 9.18 Å². The third-order valence-corrected chi connectivity index (χ3v) is 9.00. The Labute approximate surface area is 181 Å². The van der Waals surface area contributed by atoms with E-state index in [0.29, 0.717) is 31.3 Å². The molecule has 0 bridgehead atoms. The van der Waals surface area contributed by atoms with Gasteiger partial charge < -0.3 is 9.84 Å². The standard InChI is InChI=1S/C24H31FO6/c1-11-7-15-14-9-17(25)16-8-13(27)5-6-23(16,3)20(14)18(31-12(2)26)10-24(15,4)19(11)21(28)22(29)30/h8,11,14-15,17-20H,5-7,9-10H2,1-4H3,(H,29,30)/t11?,14-,15-,17?,18?,19+,20+,23-,24-/m0/s1. The highest BCUT2D eigenvalue weighted by Crippen LogP contribution is 2.68. The smallest absolute Gasteiger partial charge is 0.372 e. The second kappa shape index (κ2) is 7.24. The van der Waals surface area contributed by atoms with Crippen LogP contribution in [-0.2, 0) is 23.9 Å². The number of hydrogen-bond acceptors (Lipinski definition) is 5. The molecule has 4 rings (SSSR count). The third kappa shape index (κ3) is 3.18. The van der Waals surface area contributed by atoms with Crippen molar-refractivity contribution in [2.75, 3.05) is 0 Å². The number of carbonyl (C=O) groups is 4. The lowest BCUT2D eigenvalue weighted by atomic mass is 9.45. The molecule has 0 aromatic carbocycles. The lowest BCUT2D eigenvalue weighted by Crippen LogP contribution is -2.60. The maximum Gasteiger partial charge on any atom is 0.372 e. The van der Waals surface area contributed by atoms with E-state index in [-0.39, 0.29) is 35.9 Å². The summed E-state index contributed by atoms with van der Waals surface area (Å²) < 4.78 is 21.3. The molecule has 31 heavy (non-hydrogen) atoms. The van der Waals surface area contributed by atoms with Crippen LogP contribution in [-0.4, -0.2) is 40.9 Å². The van der Waals surface area contributed by atoms with Crippen molar-refractivity contribution in [1.29, 1.82) is 0 Å². The summed E-state index contributed by atoms with van der Waals surface area (Å²) in [5.41, 5.74) is -0.775. The molecule has 0 radical (unpaired) electrons. The second-order valence-corrected chi connectivity index (χ2v) is 10.7. The summed E-state index contributed by atoms with van der Waals surface area (Å²) in [5, 5.41) is 9.44. The Kier molecular flexibility index (Phi) is 5.17. The van der Waals surface area contributed by atoms with E-state index >= 15 is 4.39 Å². The van der Waals surface area contributed by atoms with E-state index < -0.39 is 46.7 Å². The number of carbonyl (C=O) groups excluding carboxylic acids is 3. The predicted molar refractivity (Wildman–Crippen MR) is 109 cm³/mol. The molecule has 0 saturated heterocycles. The van der Waals surface area contributed by atoms with Gasteiger partial charge in [0.2, 0.25) is 5.78 Å². The van der Waals surface area contributed by atoms with Crippen molar-refractivity contribution in [2.45, 2.75) is 72.1 Å². The normalized spacial score (nSPS) is 46.3. The molecule has 4 aliphatic carbocycles. The number of allylic oxidation sites excluding steroid dienone is 1. The van der Waals surface area contributed by atoms with Crippen LogP contribution >= 0.6 is 0 Å². The Morgan fingerprint density at radius 1 is 1.23 bits per heavy atom. The number of Topliss-reactive ketones (excluding diaryl/α,β-unsaturated/α-hetero) is 1. The lowest BCUT2D eigenvalue weighted by molar-refractivity contribution is -0.180. The lowest BCUT2D eigenvalue weighted by Gasteiger charge is -2.60. The third-order valence-electron chi connectivity index (χ3n) is 9.00. The number of ether oxygens (including phenoxy) is 1. The Hall–Kier alpha value is -2.05. The highest BCUT2D eigenvalue weighted by Gasteiger charge is 2.67. The first-order valence-corrected chi connectivity index (χ1v) is 11.2. The summed E-state index contributed by atoms with van der Waals surface area (Å²) >= 11 is 0. The number of fused-ring (bicyclic) bond motifs is 5. The van der Waals surface area contributed by atoms with Gasteiger partial charge in [-0.1, -0.05) is 20.8 Å². The minimum absolute atomic E-state index is 0.0399. The predicted octanol–water partition coefficient (Wildman–Crippen LogP) is 3.52. The van der Waals surface area contributed by atoms with E-state index in [0.717, 1.165) is 0 Å². The Bertz CT molecular complexity index is 879. The zero-order chi connectivity index (χ0) is 22.9. The molecule has 0 aliphatic heterocycles. The number of aliphatic carboxylic acids is 1. The molecule has 4 aliphatic rings. The first kappa shape index (κ1) is 22.2. The molecule has 0 aromatic rings. The SMILES string of the molecule is CC(=O)OC1C[C@]2(C)[C@@H](C(=O)C(=O)O)C(C)C[C@H]2[C@@H]2CC(F)C3=CC(=O)CC[C@]3(C)[C@@H]12. The van der Waals surface area contributed by atoms with Gasteiger partial charge in [-0.15, -0.1) is 0 Å². The average Bonchev–Trinajstić information content (AvgIpc) is 2.92. The molecule has 7 heteroatoms. The van der Waals surface area contributed by atoms with E-state index in [1.807, 2.05) is 20.8 Å². The summed E-state index contributed by atoms with van der Waals surface area (Å²) in [4.78, 5) is 48.3. The molecule has 170 valence electrons. The van der Waals surface area contributed by atoms with Crippen molar-refractivity contribution in [3.05, 3.63) is 11.6 Å². The molecule has 6 nitrogen and oxygen atoms in total. The monoisotopic (exact) mass is 434 g/mol.